The van der Waals surface area contributed by atoms with Crippen molar-refractivity contribution in [3.05, 3.63) is 71.9 Å². The SMILES string of the molecule is N#CC(=Cc1ccc(O)c2ncccc12)C(=O)Nc1ccccc1. The molecule has 0 aliphatic rings. The van der Waals surface area contributed by atoms with Crippen molar-refractivity contribution in [3.63, 3.8) is 0 Å². The van der Waals surface area contributed by atoms with E-state index in [4.69, 9.17) is 0 Å². The van der Waals surface area contributed by atoms with E-state index in [1.54, 1.807) is 48.7 Å². The number of carbonyl (C=O) groups excluding carboxylic acids is 1. The van der Waals surface area contributed by atoms with Crippen LogP contribution >= 0.6 is 0 Å². The van der Waals surface area contributed by atoms with Crippen LogP contribution in [0.5, 0.6) is 5.75 Å². The summed E-state index contributed by atoms with van der Waals surface area (Å²) in [4.78, 5) is 16.4. The van der Waals surface area contributed by atoms with Gasteiger partial charge >= 0.3 is 0 Å². The molecule has 0 saturated heterocycles. The minimum Gasteiger partial charge on any atom is -0.506 e. The normalized spacial score (nSPS) is 11.0. The molecule has 1 aromatic heterocycles. The molecule has 2 N–H and O–H groups in total. The van der Waals surface area contributed by atoms with E-state index < -0.39 is 5.91 Å². The van der Waals surface area contributed by atoms with Crippen LogP contribution in [0.3, 0.4) is 0 Å². The molecule has 1 heterocycles. The van der Waals surface area contributed by atoms with Gasteiger partial charge in [0.05, 0.1) is 0 Å². The summed E-state index contributed by atoms with van der Waals surface area (Å²) in [5.74, 6) is -0.441. The number of para-hydroxylation sites is 1. The topological polar surface area (TPSA) is 86.0 Å². The number of nitrogens with zero attached hydrogens (tertiary/aromatic N) is 2. The average Bonchev–Trinajstić information content (AvgIpc) is 2.62. The zero-order chi connectivity index (χ0) is 16.9. The van der Waals surface area contributed by atoms with Crippen LogP contribution in [0.25, 0.3) is 17.0 Å². The number of pyridine rings is 1. The Labute approximate surface area is 138 Å². The Morgan fingerprint density at radius 2 is 1.92 bits per heavy atom. The Kier molecular flexibility index (Phi) is 4.21. The molecule has 3 aromatic rings. The predicted octanol–water partition coefficient (Wildman–Crippen LogP) is 3.49. The summed E-state index contributed by atoms with van der Waals surface area (Å²) in [6, 6.07) is 17.5. The lowest BCUT2D eigenvalue weighted by atomic mass is 10.0. The van der Waals surface area contributed by atoms with E-state index in [-0.39, 0.29) is 11.3 Å². The third-order valence-corrected chi connectivity index (χ3v) is 3.48. The second kappa shape index (κ2) is 6.63. The fourth-order valence-electron chi connectivity index (χ4n) is 2.33. The molecule has 0 saturated carbocycles. The first-order valence-corrected chi connectivity index (χ1v) is 7.24. The first-order valence-electron chi connectivity index (χ1n) is 7.24. The standard InChI is InChI=1S/C19H13N3O2/c20-12-14(19(24)22-15-5-2-1-3-6-15)11-13-8-9-17(23)18-16(13)7-4-10-21-18/h1-11,23H,(H,22,24). The third kappa shape index (κ3) is 3.08. The van der Waals surface area contributed by atoms with Crippen LogP contribution in [-0.2, 0) is 4.79 Å². The number of nitriles is 1. The molecule has 3 rings (SSSR count). The Balaban J connectivity index is 1.98. The van der Waals surface area contributed by atoms with Crippen LogP contribution in [-0.4, -0.2) is 16.0 Å². The highest BCUT2D eigenvalue weighted by Crippen LogP contribution is 2.27. The van der Waals surface area contributed by atoms with Crippen LogP contribution in [0, 0.1) is 11.3 Å². The van der Waals surface area contributed by atoms with Crippen molar-refractivity contribution in [1.82, 2.24) is 4.98 Å². The molecule has 2 aromatic carbocycles. The summed E-state index contributed by atoms with van der Waals surface area (Å²) in [5, 5.41) is 22.5. The van der Waals surface area contributed by atoms with Gasteiger partial charge in [0.1, 0.15) is 22.9 Å². The number of rotatable bonds is 3. The summed E-state index contributed by atoms with van der Waals surface area (Å²) >= 11 is 0. The quantitative estimate of drug-likeness (QED) is 0.572. The van der Waals surface area contributed by atoms with E-state index in [2.05, 4.69) is 10.3 Å². The van der Waals surface area contributed by atoms with Gasteiger partial charge in [0.15, 0.2) is 0 Å². The number of aromatic hydroxyl groups is 1. The molecule has 0 radical (unpaired) electrons. The summed E-state index contributed by atoms with van der Waals surface area (Å²) in [6.45, 7) is 0. The first kappa shape index (κ1) is 15.3. The molecule has 5 heteroatoms. The molecule has 1 amide bonds. The maximum absolute atomic E-state index is 12.3. The highest BCUT2D eigenvalue weighted by Gasteiger charge is 2.11. The van der Waals surface area contributed by atoms with Crippen molar-refractivity contribution in [1.29, 1.82) is 5.26 Å². The number of carbonyl (C=O) groups is 1. The van der Waals surface area contributed by atoms with E-state index >= 15 is 0 Å². The number of hydrogen-bond donors (Lipinski definition) is 2. The van der Waals surface area contributed by atoms with Crippen molar-refractivity contribution in [3.8, 4) is 11.8 Å². The molecule has 0 bridgehead atoms. The van der Waals surface area contributed by atoms with Gasteiger partial charge in [-0.15, -0.1) is 0 Å². The Bertz CT molecular complexity index is 973. The third-order valence-electron chi connectivity index (χ3n) is 3.48. The predicted molar refractivity (Wildman–Crippen MR) is 92.1 cm³/mol. The zero-order valence-corrected chi connectivity index (χ0v) is 12.6. The van der Waals surface area contributed by atoms with Gasteiger partial charge in [0.25, 0.3) is 5.91 Å². The van der Waals surface area contributed by atoms with E-state index in [0.29, 0.717) is 22.2 Å². The second-order valence-electron chi connectivity index (χ2n) is 5.06. The molecular weight excluding hydrogens is 302 g/mol. The smallest absolute Gasteiger partial charge is 0.266 e. The van der Waals surface area contributed by atoms with Gasteiger partial charge in [-0.3, -0.25) is 9.78 Å². The van der Waals surface area contributed by atoms with Crippen LogP contribution in [0.4, 0.5) is 5.69 Å². The van der Waals surface area contributed by atoms with Gasteiger partial charge in [0, 0.05) is 17.3 Å². The first-order chi connectivity index (χ1) is 11.7. The lowest BCUT2D eigenvalue weighted by Gasteiger charge is -2.06. The number of nitrogens with one attached hydrogen (secondary N) is 1. The number of fused-ring (bicyclic) bond motifs is 1. The lowest BCUT2D eigenvalue weighted by Crippen LogP contribution is -2.13. The molecule has 5 nitrogen and oxygen atoms in total. The van der Waals surface area contributed by atoms with E-state index in [1.165, 1.54) is 12.1 Å². The fraction of sp³-hybridized carbons (Fsp3) is 0. The number of phenols is 1. The Morgan fingerprint density at radius 1 is 1.12 bits per heavy atom. The van der Waals surface area contributed by atoms with Crippen LogP contribution in [0.15, 0.2) is 66.4 Å². The van der Waals surface area contributed by atoms with Gasteiger partial charge in [-0.05, 0) is 35.9 Å². The Morgan fingerprint density at radius 3 is 2.67 bits per heavy atom. The second-order valence-corrected chi connectivity index (χ2v) is 5.06. The van der Waals surface area contributed by atoms with Gasteiger partial charge in [-0.2, -0.15) is 5.26 Å². The molecule has 24 heavy (non-hydrogen) atoms. The Hall–Kier alpha value is -3.65. The van der Waals surface area contributed by atoms with Gasteiger partial charge < -0.3 is 10.4 Å². The molecule has 0 aliphatic heterocycles. The summed E-state index contributed by atoms with van der Waals surface area (Å²) in [6.07, 6.45) is 3.06. The highest BCUT2D eigenvalue weighted by atomic mass is 16.3. The van der Waals surface area contributed by atoms with Crippen molar-refractivity contribution in [2.75, 3.05) is 5.32 Å². The number of hydrogen-bond acceptors (Lipinski definition) is 4. The number of amides is 1. The number of aromatic nitrogens is 1. The minimum absolute atomic E-state index is 0.0327. The van der Waals surface area contributed by atoms with Crippen LogP contribution < -0.4 is 5.32 Å². The number of benzene rings is 2. The van der Waals surface area contributed by atoms with E-state index in [9.17, 15) is 15.2 Å². The van der Waals surface area contributed by atoms with Crippen molar-refractivity contribution >= 4 is 28.6 Å². The maximum Gasteiger partial charge on any atom is 0.266 e. The monoisotopic (exact) mass is 315 g/mol. The zero-order valence-electron chi connectivity index (χ0n) is 12.6. The van der Waals surface area contributed by atoms with Gasteiger partial charge in [-0.1, -0.05) is 30.3 Å². The summed E-state index contributed by atoms with van der Waals surface area (Å²) in [5.41, 5.74) is 1.64. The molecule has 0 unspecified atom stereocenters. The molecule has 0 fully saturated rings. The van der Waals surface area contributed by atoms with E-state index in [0.717, 1.165) is 0 Å². The van der Waals surface area contributed by atoms with Crippen molar-refractivity contribution in [2.24, 2.45) is 0 Å². The van der Waals surface area contributed by atoms with E-state index in [1.807, 2.05) is 12.1 Å². The van der Waals surface area contributed by atoms with Crippen molar-refractivity contribution < 1.29 is 9.90 Å². The summed E-state index contributed by atoms with van der Waals surface area (Å²) < 4.78 is 0. The van der Waals surface area contributed by atoms with Crippen LogP contribution in [0.2, 0.25) is 0 Å². The van der Waals surface area contributed by atoms with Gasteiger partial charge in [-0.25, -0.2) is 0 Å². The largest absolute Gasteiger partial charge is 0.506 e. The molecule has 0 spiro atoms. The average molecular weight is 315 g/mol. The molecule has 116 valence electrons. The number of phenolic OH excluding ortho intramolecular Hbond substituents is 1. The number of anilines is 1. The highest BCUT2D eigenvalue weighted by molar-refractivity contribution is 6.10. The molecular formula is C19H13N3O2. The fourth-order valence-corrected chi connectivity index (χ4v) is 2.33. The maximum atomic E-state index is 12.3. The van der Waals surface area contributed by atoms with Gasteiger partial charge in [0.2, 0.25) is 0 Å². The molecule has 0 atom stereocenters. The van der Waals surface area contributed by atoms with Crippen LogP contribution in [0.1, 0.15) is 5.56 Å². The molecule has 0 aliphatic carbocycles. The summed E-state index contributed by atoms with van der Waals surface area (Å²) in [7, 11) is 0. The van der Waals surface area contributed by atoms with Crippen molar-refractivity contribution in [2.45, 2.75) is 0 Å². The minimum atomic E-state index is -0.492. The lowest BCUT2D eigenvalue weighted by molar-refractivity contribution is -0.112.